The smallest absolute Gasteiger partial charge is 0.349 e. The van der Waals surface area contributed by atoms with Gasteiger partial charge in [0.1, 0.15) is 11.1 Å². The Morgan fingerprint density at radius 3 is 2.48 bits per heavy atom. The second-order valence-electron chi connectivity index (χ2n) is 10.3. The normalized spacial score (nSPS) is 12.8. The second kappa shape index (κ2) is 12.9. The van der Waals surface area contributed by atoms with Crippen molar-refractivity contribution in [2.24, 2.45) is 0 Å². The number of fused-ring (bicyclic) bond motifs is 3. The molecule has 1 aliphatic rings. The van der Waals surface area contributed by atoms with Gasteiger partial charge in [-0.3, -0.25) is 9.78 Å². The zero-order chi connectivity index (χ0) is 27.9. The lowest BCUT2D eigenvalue weighted by molar-refractivity contribution is 0.0949. The molecule has 0 aliphatic heterocycles. The fraction of sp³-hybridized carbons (Fsp3) is 0.406. The van der Waals surface area contributed by atoms with E-state index in [0.29, 0.717) is 29.0 Å². The van der Waals surface area contributed by atoms with Crippen LogP contribution < -0.4 is 25.7 Å². The second-order valence-corrected chi connectivity index (χ2v) is 10.3. The summed E-state index contributed by atoms with van der Waals surface area (Å²) in [6, 6.07) is 13.2. The largest absolute Gasteiger partial charge is 0.493 e. The Hall–Kier alpha value is -4.07. The van der Waals surface area contributed by atoms with E-state index in [1.54, 1.807) is 12.1 Å². The van der Waals surface area contributed by atoms with Crippen LogP contribution in [0.5, 0.6) is 11.5 Å². The third-order valence-corrected chi connectivity index (χ3v) is 7.59. The van der Waals surface area contributed by atoms with Gasteiger partial charge in [-0.15, -0.1) is 0 Å². The van der Waals surface area contributed by atoms with Crippen molar-refractivity contribution in [3.63, 3.8) is 0 Å². The number of para-hydroxylation sites is 1. The summed E-state index contributed by atoms with van der Waals surface area (Å²) < 4.78 is 15.9. The number of ether oxygens (including phenoxy) is 2. The Labute approximate surface area is 234 Å². The minimum atomic E-state index is -0.673. The number of hydrogen-bond acceptors (Lipinski definition) is 7. The number of nitrogens with one attached hydrogen (secondary N) is 2. The zero-order valence-electron chi connectivity index (χ0n) is 23.3. The number of unbranched alkanes of at least 4 members (excludes halogenated alkanes) is 4. The number of carbonyl (C=O) groups is 1. The van der Waals surface area contributed by atoms with Crippen molar-refractivity contribution in [1.82, 2.24) is 10.3 Å². The van der Waals surface area contributed by atoms with Crippen molar-refractivity contribution < 1.29 is 18.7 Å². The van der Waals surface area contributed by atoms with E-state index in [1.165, 1.54) is 55.5 Å². The summed E-state index contributed by atoms with van der Waals surface area (Å²) in [5, 5.41) is 8.40. The number of nitrogens with zero attached hydrogens (tertiary/aromatic N) is 1. The molecule has 8 nitrogen and oxygen atoms in total. The van der Waals surface area contributed by atoms with E-state index in [9.17, 15) is 9.59 Å². The SMILES string of the molecule is COc1cc2cc(C(=O)NCCCCCCCNc3c4c(nc5ccccc35)CCCC4)c(=O)oc2cc1OC. The zero-order valence-corrected chi connectivity index (χ0v) is 23.3. The molecule has 2 heterocycles. The van der Waals surface area contributed by atoms with Gasteiger partial charge in [-0.25, -0.2) is 4.79 Å². The first-order valence-electron chi connectivity index (χ1n) is 14.2. The number of rotatable bonds is 12. The van der Waals surface area contributed by atoms with Crippen LogP contribution in [-0.4, -0.2) is 38.2 Å². The van der Waals surface area contributed by atoms with Gasteiger partial charge < -0.3 is 24.5 Å². The number of anilines is 1. The van der Waals surface area contributed by atoms with Gasteiger partial charge >= 0.3 is 5.63 Å². The lowest BCUT2D eigenvalue weighted by Gasteiger charge is -2.21. The molecule has 0 atom stereocenters. The average molecular weight is 544 g/mol. The van der Waals surface area contributed by atoms with Gasteiger partial charge in [0.15, 0.2) is 11.5 Å². The first-order chi connectivity index (χ1) is 19.6. The monoisotopic (exact) mass is 543 g/mol. The number of hydrogen-bond donors (Lipinski definition) is 2. The van der Waals surface area contributed by atoms with Crippen molar-refractivity contribution in [3.8, 4) is 11.5 Å². The predicted molar refractivity (Wildman–Crippen MR) is 158 cm³/mol. The van der Waals surface area contributed by atoms with E-state index in [2.05, 4.69) is 34.9 Å². The highest BCUT2D eigenvalue weighted by Crippen LogP contribution is 2.34. The molecule has 0 saturated heterocycles. The summed E-state index contributed by atoms with van der Waals surface area (Å²) in [7, 11) is 3.04. The molecule has 0 saturated carbocycles. The Morgan fingerprint density at radius 1 is 0.925 bits per heavy atom. The van der Waals surface area contributed by atoms with Crippen LogP contribution in [-0.2, 0) is 12.8 Å². The Balaban J connectivity index is 1.06. The van der Waals surface area contributed by atoms with Crippen molar-refractivity contribution >= 4 is 33.5 Å². The molecule has 8 heteroatoms. The molecule has 2 N–H and O–H groups in total. The number of benzene rings is 2. The molecule has 0 unspecified atom stereocenters. The summed E-state index contributed by atoms with van der Waals surface area (Å²) in [6.07, 6.45) is 9.78. The Morgan fingerprint density at radius 2 is 1.65 bits per heavy atom. The van der Waals surface area contributed by atoms with Crippen LogP contribution in [0, 0.1) is 0 Å². The molecule has 2 aromatic carbocycles. The maximum atomic E-state index is 12.7. The number of aryl methyl sites for hydroxylation is 1. The minimum absolute atomic E-state index is 0.0170. The lowest BCUT2D eigenvalue weighted by Crippen LogP contribution is -2.29. The van der Waals surface area contributed by atoms with Gasteiger partial charge in [-0.1, -0.05) is 37.5 Å². The van der Waals surface area contributed by atoms with E-state index in [0.717, 1.165) is 57.0 Å². The van der Waals surface area contributed by atoms with Gasteiger partial charge in [0.05, 0.1) is 19.7 Å². The third-order valence-electron chi connectivity index (χ3n) is 7.59. The Kier molecular flexibility index (Phi) is 8.84. The predicted octanol–water partition coefficient (Wildman–Crippen LogP) is 6.03. The van der Waals surface area contributed by atoms with Gasteiger partial charge in [-0.05, 0) is 62.3 Å². The van der Waals surface area contributed by atoms with Gasteiger partial charge in [0.25, 0.3) is 5.91 Å². The van der Waals surface area contributed by atoms with Gasteiger partial charge in [-0.2, -0.15) is 0 Å². The molecule has 0 fully saturated rings. The van der Waals surface area contributed by atoms with Crippen LogP contribution in [0.3, 0.4) is 0 Å². The maximum absolute atomic E-state index is 12.7. The van der Waals surface area contributed by atoms with Crippen LogP contribution in [0.4, 0.5) is 5.69 Å². The highest BCUT2D eigenvalue weighted by Gasteiger charge is 2.18. The van der Waals surface area contributed by atoms with Crippen molar-refractivity contribution in [2.45, 2.75) is 57.8 Å². The molecular weight excluding hydrogens is 506 g/mol. The molecule has 0 spiro atoms. The summed E-state index contributed by atoms with van der Waals surface area (Å²) in [6.45, 7) is 1.45. The molecule has 2 aromatic heterocycles. The molecule has 210 valence electrons. The van der Waals surface area contributed by atoms with Crippen LogP contribution in [0.1, 0.15) is 66.6 Å². The molecule has 1 aliphatic carbocycles. The fourth-order valence-electron chi connectivity index (χ4n) is 5.47. The van der Waals surface area contributed by atoms with E-state index in [1.807, 2.05) is 0 Å². The van der Waals surface area contributed by atoms with Crippen LogP contribution >= 0.6 is 0 Å². The first-order valence-corrected chi connectivity index (χ1v) is 14.2. The minimum Gasteiger partial charge on any atom is -0.493 e. The third kappa shape index (κ3) is 6.06. The van der Waals surface area contributed by atoms with Crippen LogP contribution in [0.25, 0.3) is 21.9 Å². The molecule has 0 bridgehead atoms. The summed E-state index contributed by atoms with van der Waals surface area (Å²) in [4.78, 5) is 30.0. The number of pyridine rings is 1. The number of amides is 1. The summed E-state index contributed by atoms with van der Waals surface area (Å²) >= 11 is 0. The van der Waals surface area contributed by atoms with Gasteiger partial charge in [0, 0.05) is 41.3 Å². The first kappa shape index (κ1) is 27.5. The quantitative estimate of drug-likeness (QED) is 0.166. The molecular formula is C32H37N3O5. The lowest BCUT2D eigenvalue weighted by atomic mass is 9.92. The highest BCUT2D eigenvalue weighted by atomic mass is 16.5. The molecule has 40 heavy (non-hydrogen) atoms. The molecule has 1 amide bonds. The van der Waals surface area contributed by atoms with Crippen LogP contribution in [0.15, 0.2) is 51.7 Å². The van der Waals surface area contributed by atoms with Crippen LogP contribution in [0.2, 0.25) is 0 Å². The molecule has 0 radical (unpaired) electrons. The highest BCUT2D eigenvalue weighted by molar-refractivity contribution is 5.97. The van der Waals surface area contributed by atoms with E-state index < -0.39 is 11.5 Å². The summed E-state index contributed by atoms with van der Waals surface area (Å²) in [5.41, 5.74) is 4.67. The summed E-state index contributed by atoms with van der Waals surface area (Å²) in [5.74, 6) is 0.525. The number of methoxy groups -OCH3 is 2. The number of carbonyl (C=O) groups excluding carboxylic acids is 1. The topological polar surface area (TPSA) is 103 Å². The number of aromatic nitrogens is 1. The maximum Gasteiger partial charge on any atom is 0.349 e. The Bertz CT molecular complexity index is 1560. The van der Waals surface area contributed by atoms with E-state index >= 15 is 0 Å². The van der Waals surface area contributed by atoms with E-state index in [-0.39, 0.29) is 5.56 Å². The van der Waals surface area contributed by atoms with Crippen molar-refractivity contribution in [3.05, 3.63) is 69.7 Å². The fourth-order valence-corrected chi connectivity index (χ4v) is 5.47. The average Bonchev–Trinajstić information content (AvgIpc) is 2.98. The van der Waals surface area contributed by atoms with E-state index in [4.69, 9.17) is 18.9 Å². The standard InChI is InChI=1S/C32H37N3O5/c1-38-28-19-21-18-24(32(37)40-27(21)20-29(28)39-2)31(36)34-17-11-5-3-4-10-16-33-30-22-12-6-8-14-25(22)35-26-15-9-7-13-23(26)30/h6,8,12,14,18-20H,3-5,7,9-11,13,15-17H2,1-2H3,(H,33,35)(H,34,36). The van der Waals surface area contributed by atoms with Crippen molar-refractivity contribution in [1.29, 1.82) is 0 Å². The van der Waals surface area contributed by atoms with Gasteiger partial charge in [0.2, 0.25) is 0 Å². The molecule has 4 aromatic rings. The molecule has 5 rings (SSSR count). The van der Waals surface area contributed by atoms with Crippen molar-refractivity contribution in [2.75, 3.05) is 32.6 Å².